The van der Waals surface area contributed by atoms with Crippen LogP contribution in [-0.2, 0) is 21.4 Å². The van der Waals surface area contributed by atoms with E-state index in [1.165, 1.54) is 0 Å². The van der Waals surface area contributed by atoms with Gasteiger partial charge in [0, 0.05) is 13.1 Å². The first-order chi connectivity index (χ1) is 9.74. The van der Waals surface area contributed by atoms with Crippen molar-refractivity contribution < 1.29 is 13.2 Å². The van der Waals surface area contributed by atoms with Crippen molar-refractivity contribution in [3.8, 4) is 0 Å². The average molecular weight is 353 g/mol. The number of hydrogen-bond donors (Lipinski definition) is 1. The monoisotopic (exact) mass is 352 g/mol. The molecule has 0 fully saturated rings. The Kier molecular flexibility index (Phi) is 6.93. The fourth-order valence-corrected chi connectivity index (χ4v) is 2.67. The van der Waals surface area contributed by atoms with Crippen LogP contribution in [0.4, 0.5) is 0 Å². The highest BCUT2D eigenvalue weighted by Gasteiger charge is 2.20. The molecule has 1 aromatic rings. The molecule has 21 heavy (non-hydrogen) atoms. The smallest absolute Gasteiger partial charge is 0.235 e. The van der Waals surface area contributed by atoms with E-state index >= 15 is 0 Å². The van der Waals surface area contributed by atoms with Gasteiger partial charge in [-0.05, 0) is 24.1 Å². The number of amides is 1. The Hall–Kier alpha value is -0.820. The molecule has 1 N–H and O–H groups in total. The lowest BCUT2D eigenvalue weighted by Crippen LogP contribution is -2.40. The summed E-state index contributed by atoms with van der Waals surface area (Å²) < 4.78 is 24.7. The van der Waals surface area contributed by atoms with Crippen LogP contribution in [-0.4, -0.2) is 38.0 Å². The van der Waals surface area contributed by atoms with E-state index < -0.39 is 10.0 Å². The summed E-state index contributed by atoms with van der Waals surface area (Å²) in [7, 11) is -3.51. The van der Waals surface area contributed by atoms with E-state index in [1.54, 1.807) is 18.2 Å². The molecule has 0 saturated heterocycles. The second kappa shape index (κ2) is 7.98. The zero-order chi connectivity index (χ0) is 16.0. The van der Waals surface area contributed by atoms with E-state index in [-0.39, 0.29) is 19.0 Å². The molecular weight excluding hydrogens is 335 g/mol. The Morgan fingerprint density at radius 1 is 1.29 bits per heavy atom. The minimum atomic E-state index is -3.51. The van der Waals surface area contributed by atoms with Crippen LogP contribution in [0, 0.1) is 0 Å². The second-order valence-corrected chi connectivity index (χ2v) is 7.43. The van der Waals surface area contributed by atoms with Crippen molar-refractivity contribution in [1.29, 1.82) is 0 Å². The molecule has 1 rings (SSSR count). The third-order valence-corrected chi connectivity index (χ3v) is 4.64. The van der Waals surface area contributed by atoms with Crippen molar-refractivity contribution in [3.63, 3.8) is 0 Å². The first-order valence-electron chi connectivity index (χ1n) is 6.39. The molecule has 1 aromatic carbocycles. The average Bonchev–Trinajstić information content (AvgIpc) is 2.38. The molecular formula is C13H18Cl2N2O3S. The van der Waals surface area contributed by atoms with Gasteiger partial charge in [0.2, 0.25) is 15.9 Å². The van der Waals surface area contributed by atoms with Crippen LogP contribution < -0.4 is 5.32 Å². The van der Waals surface area contributed by atoms with E-state index in [9.17, 15) is 13.2 Å². The Labute approximate surface area is 135 Å². The van der Waals surface area contributed by atoms with Gasteiger partial charge in [-0.2, -0.15) is 4.31 Å². The number of benzene rings is 1. The highest BCUT2D eigenvalue weighted by molar-refractivity contribution is 7.88. The number of rotatable bonds is 7. The van der Waals surface area contributed by atoms with Gasteiger partial charge in [-0.15, -0.1) is 0 Å². The largest absolute Gasteiger partial charge is 0.355 e. The minimum Gasteiger partial charge on any atom is -0.355 e. The molecule has 0 spiro atoms. The molecule has 0 aromatic heterocycles. The molecule has 118 valence electrons. The van der Waals surface area contributed by atoms with Gasteiger partial charge in [-0.25, -0.2) is 8.42 Å². The molecule has 5 nitrogen and oxygen atoms in total. The Morgan fingerprint density at radius 3 is 2.48 bits per heavy atom. The number of nitrogens with one attached hydrogen (secondary N) is 1. The summed E-state index contributed by atoms with van der Waals surface area (Å²) in [5.74, 6) is -0.331. The Balaban J connectivity index is 2.84. The number of hydrogen-bond acceptors (Lipinski definition) is 3. The summed E-state index contributed by atoms with van der Waals surface area (Å²) in [5, 5.41) is 3.39. The van der Waals surface area contributed by atoms with Gasteiger partial charge < -0.3 is 5.32 Å². The van der Waals surface area contributed by atoms with Crippen LogP contribution in [0.1, 0.15) is 18.9 Å². The number of carbonyl (C=O) groups excluding carboxylic acids is 1. The highest BCUT2D eigenvalue weighted by atomic mass is 35.5. The summed E-state index contributed by atoms with van der Waals surface area (Å²) in [4.78, 5) is 11.7. The molecule has 8 heteroatoms. The van der Waals surface area contributed by atoms with Crippen LogP contribution in [0.3, 0.4) is 0 Å². The van der Waals surface area contributed by atoms with Crippen molar-refractivity contribution >= 4 is 39.1 Å². The maximum atomic E-state index is 11.8. The maximum Gasteiger partial charge on any atom is 0.235 e. The van der Waals surface area contributed by atoms with Gasteiger partial charge >= 0.3 is 0 Å². The van der Waals surface area contributed by atoms with Crippen molar-refractivity contribution in [3.05, 3.63) is 33.8 Å². The lowest BCUT2D eigenvalue weighted by atomic mass is 10.2. The molecule has 0 atom stereocenters. The highest BCUT2D eigenvalue weighted by Crippen LogP contribution is 2.23. The summed E-state index contributed by atoms with van der Waals surface area (Å²) in [6.07, 6.45) is 1.86. The standard InChI is InChI=1S/C13H18Cl2N2O3S/c1-3-6-16-13(18)9-17(21(2,19)20)8-10-4-5-11(14)12(15)7-10/h4-5,7H,3,6,8-9H2,1-2H3,(H,16,18). The fraction of sp³-hybridized carbons (Fsp3) is 0.462. The molecule has 0 aliphatic carbocycles. The molecule has 1 amide bonds. The van der Waals surface area contributed by atoms with Gasteiger partial charge in [0.15, 0.2) is 0 Å². The lowest BCUT2D eigenvalue weighted by Gasteiger charge is -2.19. The van der Waals surface area contributed by atoms with E-state index in [2.05, 4.69) is 5.32 Å². The SMILES string of the molecule is CCCNC(=O)CN(Cc1ccc(Cl)c(Cl)c1)S(C)(=O)=O. The van der Waals surface area contributed by atoms with Crippen LogP contribution in [0.2, 0.25) is 10.0 Å². The van der Waals surface area contributed by atoms with Crippen LogP contribution in [0.5, 0.6) is 0 Å². The van der Waals surface area contributed by atoms with E-state index in [0.717, 1.165) is 17.0 Å². The Morgan fingerprint density at radius 2 is 1.95 bits per heavy atom. The molecule has 0 unspecified atom stereocenters. The van der Waals surface area contributed by atoms with E-state index in [4.69, 9.17) is 23.2 Å². The summed E-state index contributed by atoms with van der Waals surface area (Å²) in [6.45, 7) is 2.28. The predicted octanol–water partition coefficient (Wildman–Crippen LogP) is 2.28. The second-order valence-electron chi connectivity index (χ2n) is 4.63. The van der Waals surface area contributed by atoms with Gasteiger partial charge in [0.25, 0.3) is 0 Å². The van der Waals surface area contributed by atoms with Gasteiger partial charge in [-0.3, -0.25) is 4.79 Å². The number of sulfonamides is 1. The van der Waals surface area contributed by atoms with Crippen molar-refractivity contribution in [2.24, 2.45) is 0 Å². The summed E-state index contributed by atoms with van der Waals surface area (Å²) in [5.41, 5.74) is 0.665. The van der Waals surface area contributed by atoms with Gasteiger partial charge in [0.1, 0.15) is 0 Å². The number of halogens is 2. The molecule has 0 saturated carbocycles. The van der Waals surface area contributed by atoms with E-state index in [0.29, 0.717) is 22.2 Å². The van der Waals surface area contributed by atoms with Crippen LogP contribution in [0.25, 0.3) is 0 Å². The third-order valence-electron chi connectivity index (χ3n) is 2.70. The maximum absolute atomic E-state index is 11.8. The quantitative estimate of drug-likeness (QED) is 0.818. The van der Waals surface area contributed by atoms with Gasteiger partial charge in [0.05, 0.1) is 22.8 Å². The third kappa shape index (κ3) is 6.22. The zero-order valence-electron chi connectivity index (χ0n) is 11.9. The van der Waals surface area contributed by atoms with Crippen molar-refractivity contribution in [2.45, 2.75) is 19.9 Å². The van der Waals surface area contributed by atoms with Crippen LogP contribution >= 0.6 is 23.2 Å². The first-order valence-corrected chi connectivity index (χ1v) is 9.00. The first kappa shape index (κ1) is 18.2. The molecule has 0 bridgehead atoms. The zero-order valence-corrected chi connectivity index (χ0v) is 14.2. The van der Waals surface area contributed by atoms with Gasteiger partial charge in [-0.1, -0.05) is 36.2 Å². The molecule has 0 radical (unpaired) electrons. The number of carbonyl (C=O) groups is 1. The van der Waals surface area contributed by atoms with Crippen LogP contribution in [0.15, 0.2) is 18.2 Å². The Bertz CT molecular complexity index is 605. The lowest BCUT2D eigenvalue weighted by molar-refractivity contribution is -0.121. The minimum absolute atomic E-state index is 0.0647. The normalized spacial score (nSPS) is 11.7. The molecule has 0 aliphatic heterocycles. The topological polar surface area (TPSA) is 66.5 Å². The molecule has 0 heterocycles. The predicted molar refractivity (Wildman–Crippen MR) is 85.0 cm³/mol. The van der Waals surface area contributed by atoms with Crippen molar-refractivity contribution in [1.82, 2.24) is 9.62 Å². The fourth-order valence-electron chi connectivity index (χ4n) is 1.61. The summed E-state index contributed by atoms with van der Waals surface area (Å²) in [6, 6.07) is 4.86. The summed E-state index contributed by atoms with van der Waals surface area (Å²) >= 11 is 11.7. The van der Waals surface area contributed by atoms with E-state index in [1.807, 2.05) is 6.92 Å². The van der Waals surface area contributed by atoms with Crippen molar-refractivity contribution in [2.75, 3.05) is 19.3 Å². The number of nitrogens with zero attached hydrogens (tertiary/aromatic N) is 1. The molecule has 0 aliphatic rings.